The predicted molar refractivity (Wildman–Crippen MR) is 161 cm³/mol. The van der Waals surface area contributed by atoms with Crippen molar-refractivity contribution in [3.05, 3.63) is 94.0 Å². The Labute approximate surface area is 247 Å². The van der Waals surface area contributed by atoms with E-state index in [4.69, 9.17) is 23.2 Å². The predicted octanol–water partition coefficient (Wildman–Crippen LogP) is 6.22. The van der Waals surface area contributed by atoms with Crippen LogP contribution in [0.3, 0.4) is 0 Å². The summed E-state index contributed by atoms with van der Waals surface area (Å²) in [5, 5.41) is 3.68. The van der Waals surface area contributed by atoms with Crippen LogP contribution in [0.5, 0.6) is 0 Å². The molecule has 2 amide bonds. The number of hydrogen-bond donors (Lipinski definition) is 1. The Morgan fingerprint density at radius 1 is 0.900 bits per heavy atom. The normalized spacial score (nSPS) is 12.8. The molecule has 0 saturated heterocycles. The average molecular weight is 605 g/mol. The fraction of sp³-hybridized carbons (Fsp3) is 0.333. The summed E-state index contributed by atoms with van der Waals surface area (Å²) in [4.78, 5) is 28.8. The van der Waals surface area contributed by atoms with Crippen LogP contribution < -0.4 is 9.62 Å². The molecule has 3 aromatic carbocycles. The van der Waals surface area contributed by atoms with Gasteiger partial charge in [0.15, 0.2) is 0 Å². The number of nitrogens with one attached hydrogen (secondary N) is 1. The summed E-state index contributed by atoms with van der Waals surface area (Å²) in [7, 11) is -4.19. The van der Waals surface area contributed by atoms with E-state index < -0.39 is 28.5 Å². The number of sulfonamides is 1. The summed E-state index contributed by atoms with van der Waals surface area (Å²) in [5.41, 5.74) is 1.81. The van der Waals surface area contributed by atoms with E-state index >= 15 is 0 Å². The first-order valence-electron chi connectivity index (χ1n) is 13.2. The van der Waals surface area contributed by atoms with Gasteiger partial charge in [0.2, 0.25) is 11.8 Å². The molecule has 0 aliphatic heterocycles. The van der Waals surface area contributed by atoms with Gasteiger partial charge >= 0.3 is 0 Å². The summed E-state index contributed by atoms with van der Waals surface area (Å²) >= 11 is 12.5. The third kappa shape index (κ3) is 7.77. The maximum atomic E-state index is 14.1. The molecule has 0 bridgehead atoms. The van der Waals surface area contributed by atoms with Crippen LogP contribution in [0, 0.1) is 6.92 Å². The third-order valence-corrected chi connectivity index (χ3v) is 9.01. The van der Waals surface area contributed by atoms with E-state index in [-0.39, 0.29) is 34.1 Å². The minimum atomic E-state index is -4.19. The van der Waals surface area contributed by atoms with Gasteiger partial charge in [0.25, 0.3) is 10.0 Å². The van der Waals surface area contributed by atoms with E-state index in [1.807, 2.05) is 27.7 Å². The van der Waals surface area contributed by atoms with Crippen molar-refractivity contribution in [3.8, 4) is 0 Å². The van der Waals surface area contributed by atoms with Crippen LogP contribution in [0.4, 0.5) is 5.69 Å². The van der Waals surface area contributed by atoms with E-state index in [9.17, 15) is 18.0 Å². The van der Waals surface area contributed by atoms with Crippen molar-refractivity contribution in [2.75, 3.05) is 10.8 Å². The molecule has 0 fully saturated rings. The van der Waals surface area contributed by atoms with E-state index in [0.29, 0.717) is 11.4 Å². The molecule has 0 heterocycles. The van der Waals surface area contributed by atoms with Gasteiger partial charge in [-0.2, -0.15) is 0 Å². The van der Waals surface area contributed by atoms with E-state index in [1.54, 1.807) is 60.7 Å². The first kappa shape index (κ1) is 31.5. The lowest BCUT2D eigenvalue weighted by molar-refractivity contribution is -0.140. The van der Waals surface area contributed by atoms with Gasteiger partial charge in [-0.3, -0.25) is 13.9 Å². The molecule has 3 aromatic rings. The highest BCUT2D eigenvalue weighted by Crippen LogP contribution is 2.31. The first-order valence-corrected chi connectivity index (χ1v) is 15.4. The Morgan fingerprint density at radius 3 is 2.10 bits per heavy atom. The number of halogens is 2. The Morgan fingerprint density at radius 2 is 1.52 bits per heavy atom. The maximum Gasteiger partial charge on any atom is 0.264 e. The largest absolute Gasteiger partial charge is 0.352 e. The van der Waals surface area contributed by atoms with Crippen LogP contribution in [-0.4, -0.2) is 43.8 Å². The molecule has 3 rings (SSSR count). The van der Waals surface area contributed by atoms with Gasteiger partial charge in [-0.15, -0.1) is 0 Å². The molecule has 10 heteroatoms. The highest BCUT2D eigenvalue weighted by Gasteiger charge is 2.34. The molecule has 40 heavy (non-hydrogen) atoms. The number of para-hydroxylation sites is 1. The fourth-order valence-corrected chi connectivity index (χ4v) is 6.00. The zero-order valence-electron chi connectivity index (χ0n) is 23.1. The molecule has 2 atom stereocenters. The second-order valence-corrected chi connectivity index (χ2v) is 12.4. The van der Waals surface area contributed by atoms with Crippen molar-refractivity contribution in [1.29, 1.82) is 0 Å². The van der Waals surface area contributed by atoms with Gasteiger partial charge in [-0.25, -0.2) is 8.42 Å². The van der Waals surface area contributed by atoms with Crippen LogP contribution in [-0.2, 0) is 26.2 Å². The number of nitrogens with zero attached hydrogens (tertiary/aromatic N) is 2. The van der Waals surface area contributed by atoms with E-state index in [0.717, 1.165) is 21.9 Å². The molecule has 0 radical (unpaired) electrons. The summed E-state index contributed by atoms with van der Waals surface area (Å²) in [6.07, 6.45) is 1.06. The number of carbonyl (C=O) groups is 2. The molecular formula is C30H35Cl2N3O4S. The Kier molecular flexibility index (Phi) is 11.0. The molecule has 0 spiro atoms. The summed E-state index contributed by atoms with van der Waals surface area (Å²) < 4.78 is 28.8. The molecule has 0 saturated carbocycles. The highest BCUT2D eigenvalue weighted by atomic mass is 35.5. The van der Waals surface area contributed by atoms with Gasteiger partial charge in [0, 0.05) is 17.6 Å². The number of rotatable bonds is 12. The SMILES string of the molecule is CCC(C)NC(=O)C(CC)N(Cc1ccc(Cl)cc1)C(=O)CN(c1ccccc1Cl)S(=O)(=O)c1ccc(C)cc1. The zero-order valence-corrected chi connectivity index (χ0v) is 25.4. The monoisotopic (exact) mass is 603 g/mol. The van der Waals surface area contributed by atoms with E-state index in [2.05, 4.69) is 5.32 Å². The van der Waals surface area contributed by atoms with Gasteiger partial charge in [-0.1, -0.05) is 79.0 Å². The van der Waals surface area contributed by atoms with Crippen molar-refractivity contribution in [1.82, 2.24) is 10.2 Å². The minimum Gasteiger partial charge on any atom is -0.352 e. The maximum absolute atomic E-state index is 14.1. The van der Waals surface area contributed by atoms with Crippen molar-refractivity contribution < 1.29 is 18.0 Å². The topological polar surface area (TPSA) is 86.8 Å². The van der Waals surface area contributed by atoms with Crippen LogP contribution in [0.1, 0.15) is 44.7 Å². The van der Waals surface area contributed by atoms with Crippen molar-refractivity contribution >= 4 is 50.7 Å². The van der Waals surface area contributed by atoms with Crippen molar-refractivity contribution in [2.45, 2.75) is 64.1 Å². The number of aryl methyl sites for hydroxylation is 1. The second kappa shape index (κ2) is 14.0. The molecule has 0 aliphatic carbocycles. The van der Waals surface area contributed by atoms with Gasteiger partial charge in [-0.05, 0) is 68.7 Å². The van der Waals surface area contributed by atoms with Crippen LogP contribution in [0.2, 0.25) is 10.0 Å². The zero-order chi connectivity index (χ0) is 29.4. The number of benzene rings is 3. The Hall–Kier alpha value is -3.07. The minimum absolute atomic E-state index is 0.0247. The van der Waals surface area contributed by atoms with Crippen LogP contribution >= 0.6 is 23.2 Å². The second-order valence-electron chi connectivity index (χ2n) is 9.67. The molecule has 7 nitrogen and oxygen atoms in total. The lowest BCUT2D eigenvalue weighted by Gasteiger charge is -2.34. The molecular weight excluding hydrogens is 569 g/mol. The Balaban J connectivity index is 2.06. The standard InChI is InChI=1S/C30H35Cl2N3O4S/c1-5-22(4)33-30(37)27(6-2)34(19-23-13-15-24(31)16-14-23)29(36)20-35(28-10-8-7-9-26(28)32)40(38,39)25-17-11-21(3)12-18-25/h7-18,22,27H,5-6,19-20H2,1-4H3,(H,33,37). The molecule has 1 N–H and O–H groups in total. The first-order chi connectivity index (χ1) is 19.0. The smallest absolute Gasteiger partial charge is 0.264 e. The van der Waals surface area contributed by atoms with Crippen LogP contribution in [0.15, 0.2) is 77.7 Å². The number of anilines is 1. The number of amides is 2. The highest BCUT2D eigenvalue weighted by molar-refractivity contribution is 7.92. The van der Waals surface area contributed by atoms with Gasteiger partial charge < -0.3 is 10.2 Å². The lowest BCUT2D eigenvalue weighted by atomic mass is 10.1. The lowest BCUT2D eigenvalue weighted by Crippen LogP contribution is -2.53. The molecule has 214 valence electrons. The summed E-state index contributed by atoms with van der Waals surface area (Å²) in [6.45, 7) is 7.06. The van der Waals surface area contributed by atoms with Gasteiger partial charge in [0.1, 0.15) is 12.6 Å². The third-order valence-electron chi connectivity index (χ3n) is 6.66. The molecule has 2 unspecified atom stereocenters. The summed E-state index contributed by atoms with van der Waals surface area (Å²) in [5.74, 6) is -0.846. The van der Waals surface area contributed by atoms with Crippen molar-refractivity contribution in [2.24, 2.45) is 0 Å². The van der Waals surface area contributed by atoms with E-state index in [1.165, 1.54) is 17.0 Å². The summed E-state index contributed by atoms with van der Waals surface area (Å²) in [6, 6.07) is 18.9. The quantitative estimate of drug-likeness (QED) is 0.266. The average Bonchev–Trinajstić information content (AvgIpc) is 2.93. The molecule has 0 aromatic heterocycles. The number of carbonyl (C=O) groups excluding carboxylic acids is 2. The fourth-order valence-electron chi connectivity index (χ4n) is 4.15. The van der Waals surface area contributed by atoms with Crippen LogP contribution in [0.25, 0.3) is 0 Å². The Bertz CT molecular complexity index is 1410. The van der Waals surface area contributed by atoms with Crippen molar-refractivity contribution in [3.63, 3.8) is 0 Å². The van der Waals surface area contributed by atoms with Gasteiger partial charge in [0.05, 0.1) is 15.6 Å². The number of hydrogen-bond acceptors (Lipinski definition) is 4. The molecule has 0 aliphatic rings.